The minimum Gasteiger partial charge on any atom is -0.494 e. The van der Waals surface area contributed by atoms with Gasteiger partial charge in [0, 0.05) is 13.1 Å². The third kappa shape index (κ3) is 5.25. The van der Waals surface area contributed by atoms with Crippen molar-refractivity contribution >= 4 is 12.0 Å². The Balaban J connectivity index is 2.81. The van der Waals surface area contributed by atoms with Crippen LogP contribution in [0.1, 0.15) is 39.2 Å². The molecular formula is C18H24N2O2. The summed E-state index contributed by atoms with van der Waals surface area (Å²) in [6.45, 7) is 7.82. The molecule has 1 aromatic carbocycles. The molecule has 118 valence electrons. The van der Waals surface area contributed by atoms with E-state index in [-0.39, 0.29) is 11.5 Å². The van der Waals surface area contributed by atoms with Crippen molar-refractivity contribution in [1.82, 2.24) is 4.90 Å². The van der Waals surface area contributed by atoms with Crippen LogP contribution in [0, 0.1) is 11.3 Å². The zero-order valence-corrected chi connectivity index (χ0v) is 13.6. The normalized spacial score (nSPS) is 10.9. The smallest absolute Gasteiger partial charge is 0.264 e. The summed E-state index contributed by atoms with van der Waals surface area (Å²) in [6.07, 6.45) is 3.74. The van der Waals surface area contributed by atoms with Crippen molar-refractivity contribution in [1.29, 1.82) is 5.26 Å². The predicted molar refractivity (Wildman–Crippen MR) is 88.4 cm³/mol. The topological polar surface area (TPSA) is 53.3 Å². The van der Waals surface area contributed by atoms with E-state index < -0.39 is 0 Å². The lowest BCUT2D eigenvalue weighted by molar-refractivity contribution is -0.126. The van der Waals surface area contributed by atoms with Gasteiger partial charge in [-0.1, -0.05) is 25.5 Å². The second-order valence-corrected chi connectivity index (χ2v) is 4.92. The summed E-state index contributed by atoms with van der Waals surface area (Å²) >= 11 is 0. The predicted octanol–water partition coefficient (Wildman–Crippen LogP) is 3.64. The Bertz CT molecular complexity index is 537. The molecule has 0 spiro atoms. The maximum atomic E-state index is 12.2. The van der Waals surface area contributed by atoms with Crippen LogP contribution in [0.4, 0.5) is 0 Å². The number of rotatable bonds is 8. The third-order valence-corrected chi connectivity index (χ3v) is 3.36. The molecule has 0 atom stereocenters. The maximum absolute atomic E-state index is 12.2. The van der Waals surface area contributed by atoms with E-state index in [9.17, 15) is 10.1 Å². The largest absolute Gasteiger partial charge is 0.494 e. The molecule has 0 aromatic heterocycles. The van der Waals surface area contributed by atoms with Crippen molar-refractivity contribution in [3.8, 4) is 11.8 Å². The van der Waals surface area contributed by atoms with Gasteiger partial charge in [0.1, 0.15) is 17.4 Å². The number of hydrogen-bond donors (Lipinski definition) is 0. The van der Waals surface area contributed by atoms with Crippen molar-refractivity contribution in [2.45, 2.75) is 33.6 Å². The van der Waals surface area contributed by atoms with E-state index in [4.69, 9.17) is 4.74 Å². The van der Waals surface area contributed by atoms with E-state index in [2.05, 4.69) is 6.92 Å². The van der Waals surface area contributed by atoms with Crippen LogP contribution in [0.15, 0.2) is 29.8 Å². The molecule has 4 nitrogen and oxygen atoms in total. The molecule has 0 N–H and O–H groups in total. The van der Waals surface area contributed by atoms with Gasteiger partial charge in [-0.2, -0.15) is 5.26 Å². The van der Waals surface area contributed by atoms with Crippen LogP contribution in [-0.4, -0.2) is 30.5 Å². The summed E-state index contributed by atoms with van der Waals surface area (Å²) < 4.78 is 5.59. The van der Waals surface area contributed by atoms with Gasteiger partial charge in [0.25, 0.3) is 5.91 Å². The number of hydrogen-bond acceptors (Lipinski definition) is 3. The fourth-order valence-corrected chi connectivity index (χ4v) is 1.98. The molecule has 0 heterocycles. The molecule has 0 radical (unpaired) electrons. The summed E-state index contributed by atoms with van der Waals surface area (Å²) in [5.41, 5.74) is 0.975. The molecule has 0 fully saturated rings. The lowest BCUT2D eigenvalue weighted by Gasteiger charge is -2.17. The fraction of sp³-hybridized carbons (Fsp3) is 0.444. The number of unbranched alkanes of at least 4 members (excludes halogenated alkanes) is 1. The Kier molecular flexibility index (Phi) is 7.77. The molecule has 0 aliphatic rings. The Morgan fingerprint density at radius 2 is 1.86 bits per heavy atom. The van der Waals surface area contributed by atoms with Crippen molar-refractivity contribution in [2.24, 2.45) is 0 Å². The van der Waals surface area contributed by atoms with Gasteiger partial charge in [-0.15, -0.1) is 0 Å². The Morgan fingerprint density at radius 1 is 1.23 bits per heavy atom. The monoisotopic (exact) mass is 300 g/mol. The second kappa shape index (κ2) is 9.62. The number of nitrogens with zero attached hydrogens (tertiary/aromatic N) is 2. The summed E-state index contributed by atoms with van der Waals surface area (Å²) in [5, 5.41) is 9.21. The average molecular weight is 300 g/mol. The van der Waals surface area contributed by atoms with Crippen LogP contribution in [-0.2, 0) is 4.79 Å². The first-order valence-corrected chi connectivity index (χ1v) is 7.80. The quantitative estimate of drug-likeness (QED) is 0.418. The molecule has 22 heavy (non-hydrogen) atoms. The molecule has 0 aliphatic carbocycles. The van der Waals surface area contributed by atoms with Gasteiger partial charge in [-0.25, -0.2) is 0 Å². The highest BCUT2D eigenvalue weighted by Gasteiger charge is 2.14. The van der Waals surface area contributed by atoms with E-state index in [1.165, 1.54) is 0 Å². The maximum Gasteiger partial charge on any atom is 0.264 e. The minimum atomic E-state index is -0.226. The highest BCUT2D eigenvalue weighted by atomic mass is 16.5. The van der Waals surface area contributed by atoms with Gasteiger partial charge >= 0.3 is 0 Å². The SMILES string of the molecule is CCCCOc1ccc(/C=C(\C#N)C(=O)N(CC)CC)cc1. The second-order valence-electron chi connectivity index (χ2n) is 4.92. The van der Waals surface area contributed by atoms with Crippen LogP contribution in [0.25, 0.3) is 6.08 Å². The Hall–Kier alpha value is -2.28. The molecule has 0 saturated carbocycles. The van der Waals surface area contributed by atoms with Crippen LogP contribution in [0.2, 0.25) is 0 Å². The Morgan fingerprint density at radius 3 is 2.36 bits per heavy atom. The Labute approximate surface area is 133 Å². The first-order valence-electron chi connectivity index (χ1n) is 7.80. The van der Waals surface area contributed by atoms with E-state index in [1.54, 1.807) is 11.0 Å². The number of likely N-dealkylation sites (N-methyl/N-ethyl adjacent to an activating group) is 1. The van der Waals surface area contributed by atoms with Crippen molar-refractivity contribution in [3.05, 3.63) is 35.4 Å². The van der Waals surface area contributed by atoms with Crippen LogP contribution in [0.3, 0.4) is 0 Å². The van der Waals surface area contributed by atoms with E-state index in [0.29, 0.717) is 19.7 Å². The average Bonchev–Trinajstić information content (AvgIpc) is 2.55. The van der Waals surface area contributed by atoms with Crippen LogP contribution >= 0.6 is 0 Å². The molecule has 1 aromatic rings. The lowest BCUT2D eigenvalue weighted by Crippen LogP contribution is -2.31. The molecule has 1 amide bonds. The van der Waals surface area contributed by atoms with E-state index in [1.807, 2.05) is 44.2 Å². The standard InChI is InChI=1S/C18H24N2O2/c1-4-7-12-22-17-10-8-15(9-11-17)13-16(14-19)18(21)20(5-2)6-3/h8-11,13H,4-7,12H2,1-3H3/b16-13+. The van der Waals surface area contributed by atoms with Gasteiger partial charge in [-0.05, 0) is 44.0 Å². The van der Waals surface area contributed by atoms with Gasteiger partial charge < -0.3 is 9.64 Å². The fourth-order valence-electron chi connectivity index (χ4n) is 1.98. The number of benzene rings is 1. The lowest BCUT2D eigenvalue weighted by atomic mass is 10.1. The molecule has 4 heteroatoms. The zero-order chi connectivity index (χ0) is 16.4. The van der Waals surface area contributed by atoms with Gasteiger partial charge in [-0.3, -0.25) is 4.79 Å². The minimum absolute atomic E-state index is 0.156. The van der Waals surface area contributed by atoms with Gasteiger partial charge in [0.05, 0.1) is 6.61 Å². The van der Waals surface area contributed by atoms with Crippen molar-refractivity contribution in [3.63, 3.8) is 0 Å². The first kappa shape index (κ1) is 17.8. The van der Waals surface area contributed by atoms with Crippen LogP contribution in [0.5, 0.6) is 5.75 Å². The van der Waals surface area contributed by atoms with E-state index >= 15 is 0 Å². The number of carbonyl (C=O) groups is 1. The summed E-state index contributed by atoms with van der Waals surface area (Å²) in [5.74, 6) is 0.579. The van der Waals surface area contributed by atoms with Crippen LogP contribution < -0.4 is 4.74 Å². The number of carbonyl (C=O) groups excluding carboxylic acids is 1. The summed E-state index contributed by atoms with van der Waals surface area (Å²) in [7, 11) is 0. The molecule has 0 aliphatic heterocycles. The molecule has 0 saturated heterocycles. The first-order chi connectivity index (χ1) is 10.7. The zero-order valence-electron chi connectivity index (χ0n) is 13.6. The highest BCUT2D eigenvalue weighted by Crippen LogP contribution is 2.15. The molecule has 0 bridgehead atoms. The molecule has 0 unspecified atom stereocenters. The van der Waals surface area contributed by atoms with Crippen molar-refractivity contribution in [2.75, 3.05) is 19.7 Å². The summed E-state index contributed by atoms with van der Waals surface area (Å²) in [6, 6.07) is 9.42. The highest BCUT2D eigenvalue weighted by molar-refractivity contribution is 6.01. The number of ether oxygens (including phenoxy) is 1. The number of nitriles is 1. The van der Waals surface area contributed by atoms with Gasteiger partial charge in [0.15, 0.2) is 0 Å². The van der Waals surface area contributed by atoms with Crippen molar-refractivity contribution < 1.29 is 9.53 Å². The third-order valence-electron chi connectivity index (χ3n) is 3.36. The molecule has 1 rings (SSSR count). The number of amides is 1. The van der Waals surface area contributed by atoms with Gasteiger partial charge in [0.2, 0.25) is 0 Å². The molecular weight excluding hydrogens is 276 g/mol. The van der Waals surface area contributed by atoms with E-state index in [0.717, 1.165) is 24.2 Å². The summed E-state index contributed by atoms with van der Waals surface area (Å²) in [4.78, 5) is 13.8.